The van der Waals surface area contributed by atoms with Crippen LogP contribution >= 0.6 is 0 Å². The van der Waals surface area contributed by atoms with Crippen molar-refractivity contribution in [2.45, 2.75) is 24.9 Å². The minimum atomic E-state index is -0.533. The zero-order valence-electron chi connectivity index (χ0n) is 8.63. The fraction of sp³-hybridized carbons (Fsp3) is 0.417. The number of carbonyl (C=O) groups is 1. The largest absolute Gasteiger partial charge is 0.370 e. The van der Waals surface area contributed by atoms with Gasteiger partial charge in [-0.1, -0.05) is 12.1 Å². The Hall–Kier alpha value is -1.22. The van der Waals surface area contributed by atoms with Gasteiger partial charge in [-0.05, 0) is 30.5 Å². The molecule has 0 heterocycles. The van der Waals surface area contributed by atoms with Gasteiger partial charge in [0.2, 0.25) is 0 Å². The molecule has 0 amide bonds. The third-order valence-corrected chi connectivity index (χ3v) is 2.88. The van der Waals surface area contributed by atoms with Crippen molar-refractivity contribution < 1.29 is 13.9 Å². The molecule has 1 aromatic carbocycles. The van der Waals surface area contributed by atoms with Crippen LogP contribution in [0.2, 0.25) is 0 Å². The molecule has 2 nitrogen and oxygen atoms in total. The van der Waals surface area contributed by atoms with Crippen LogP contribution in [-0.2, 0) is 16.0 Å². The minimum Gasteiger partial charge on any atom is -0.370 e. The molecule has 0 bridgehead atoms. The van der Waals surface area contributed by atoms with Crippen LogP contribution in [0.15, 0.2) is 24.3 Å². The van der Waals surface area contributed by atoms with Crippen LogP contribution in [-0.4, -0.2) is 18.5 Å². The molecular weight excluding hydrogens is 195 g/mol. The maximum atomic E-state index is 12.6. The van der Waals surface area contributed by atoms with Gasteiger partial charge in [-0.15, -0.1) is 0 Å². The predicted octanol–water partition coefficient (Wildman–Crippen LogP) is 2.12. The van der Waals surface area contributed by atoms with Gasteiger partial charge in [-0.2, -0.15) is 0 Å². The van der Waals surface area contributed by atoms with Crippen molar-refractivity contribution >= 4 is 5.78 Å². The van der Waals surface area contributed by atoms with E-state index >= 15 is 0 Å². The standard InChI is InChI=1S/C12H13FO2/c1-15-12(6-7-12)11(14)8-9-2-4-10(13)5-3-9/h2-5H,6-8H2,1H3. The van der Waals surface area contributed by atoms with Gasteiger partial charge >= 0.3 is 0 Å². The van der Waals surface area contributed by atoms with Gasteiger partial charge in [0.05, 0.1) is 0 Å². The molecule has 1 aliphatic carbocycles. The van der Waals surface area contributed by atoms with E-state index in [2.05, 4.69) is 0 Å². The highest BCUT2D eigenvalue weighted by molar-refractivity contribution is 5.91. The molecule has 0 radical (unpaired) electrons. The van der Waals surface area contributed by atoms with Gasteiger partial charge in [0.15, 0.2) is 5.78 Å². The van der Waals surface area contributed by atoms with Crippen LogP contribution in [0, 0.1) is 5.82 Å². The van der Waals surface area contributed by atoms with E-state index < -0.39 is 5.60 Å². The number of carbonyl (C=O) groups excluding carboxylic acids is 1. The van der Waals surface area contributed by atoms with Crippen molar-refractivity contribution in [3.63, 3.8) is 0 Å². The van der Waals surface area contributed by atoms with Crippen LogP contribution < -0.4 is 0 Å². The summed E-state index contributed by atoms with van der Waals surface area (Å²) in [5.41, 5.74) is 0.304. The summed E-state index contributed by atoms with van der Waals surface area (Å²) in [6, 6.07) is 6.02. The first-order valence-electron chi connectivity index (χ1n) is 4.99. The summed E-state index contributed by atoms with van der Waals surface area (Å²) in [5, 5.41) is 0. The maximum absolute atomic E-state index is 12.6. The fourth-order valence-corrected chi connectivity index (χ4v) is 1.66. The van der Waals surface area contributed by atoms with Crippen LogP contribution in [0.5, 0.6) is 0 Å². The van der Waals surface area contributed by atoms with E-state index in [0.29, 0.717) is 6.42 Å². The number of methoxy groups -OCH3 is 1. The number of ketones is 1. The molecule has 1 aromatic rings. The molecule has 1 fully saturated rings. The van der Waals surface area contributed by atoms with E-state index in [1.165, 1.54) is 12.1 Å². The number of ether oxygens (including phenoxy) is 1. The van der Waals surface area contributed by atoms with E-state index in [0.717, 1.165) is 18.4 Å². The molecule has 1 aliphatic rings. The summed E-state index contributed by atoms with van der Waals surface area (Å²) in [7, 11) is 1.57. The molecule has 0 aromatic heterocycles. The zero-order chi connectivity index (χ0) is 10.9. The molecule has 15 heavy (non-hydrogen) atoms. The Labute approximate surface area is 88.1 Å². The summed E-state index contributed by atoms with van der Waals surface area (Å²) >= 11 is 0. The summed E-state index contributed by atoms with van der Waals surface area (Å²) < 4.78 is 17.8. The lowest BCUT2D eigenvalue weighted by Gasteiger charge is -2.11. The number of hydrogen-bond donors (Lipinski definition) is 0. The third kappa shape index (κ3) is 2.07. The molecule has 3 heteroatoms. The highest BCUT2D eigenvalue weighted by Gasteiger charge is 2.49. The van der Waals surface area contributed by atoms with Crippen molar-refractivity contribution in [3.8, 4) is 0 Å². The lowest BCUT2D eigenvalue weighted by molar-refractivity contribution is -0.130. The second-order valence-corrected chi connectivity index (χ2v) is 3.92. The molecule has 0 saturated heterocycles. The highest BCUT2D eigenvalue weighted by Crippen LogP contribution is 2.40. The van der Waals surface area contributed by atoms with Crippen LogP contribution in [0.25, 0.3) is 0 Å². The second kappa shape index (κ2) is 3.74. The Morgan fingerprint density at radius 2 is 2.00 bits per heavy atom. The number of Topliss-reactive ketones (excluding diaryl/α,β-unsaturated/α-hetero) is 1. The Balaban J connectivity index is 2.03. The number of hydrogen-bond acceptors (Lipinski definition) is 2. The Bertz CT molecular complexity index is 366. The molecule has 80 valence electrons. The molecule has 2 rings (SSSR count). The smallest absolute Gasteiger partial charge is 0.168 e. The number of rotatable bonds is 4. The second-order valence-electron chi connectivity index (χ2n) is 3.92. The van der Waals surface area contributed by atoms with E-state index in [1.807, 2.05) is 0 Å². The minimum absolute atomic E-state index is 0.0941. The Morgan fingerprint density at radius 3 is 2.47 bits per heavy atom. The first-order chi connectivity index (χ1) is 7.16. The van der Waals surface area contributed by atoms with Gasteiger partial charge < -0.3 is 4.74 Å². The lowest BCUT2D eigenvalue weighted by Crippen LogP contribution is -2.26. The molecule has 0 N–H and O–H groups in total. The third-order valence-electron chi connectivity index (χ3n) is 2.88. The average Bonchev–Trinajstić information content (AvgIpc) is 3.02. The Morgan fingerprint density at radius 1 is 1.40 bits per heavy atom. The van der Waals surface area contributed by atoms with Crippen molar-refractivity contribution in [1.82, 2.24) is 0 Å². The van der Waals surface area contributed by atoms with Crippen molar-refractivity contribution in [3.05, 3.63) is 35.6 Å². The number of halogens is 1. The van der Waals surface area contributed by atoms with Crippen molar-refractivity contribution in [2.75, 3.05) is 7.11 Å². The normalized spacial score (nSPS) is 17.5. The SMILES string of the molecule is COC1(C(=O)Cc2ccc(F)cc2)CC1. The quantitative estimate of drug-likeness (QED) is 0.757. The molecule has 0 spiro atoms. The van der Waals surface area contributed by atoms with Crippen molar-refractivity contribution in [1.29, 1.82) is 0 Å². The topological polar surface area (TPSA) is 26.3 Å². The van der Waals surface area contributed by atoms with Gasteiger partial charge in [-0.3, -0.25) is 4.79 Å². The van der Waals surface area contributed by atoms with E-state index in [1.54, 1.807) is 19.2 Å². The Kier molecular flexibility index (Phi) is 2.57. The molecule has 0 aliphatic heterocycles. The van der Waals surface area contributed by atoms with E-state index in [9.17, 15) is 9.18 Å². The maximum Gasteiger partial charge on any atom is 0.168 e. The summed E-state index contributed by atoms with van der Waals surface area (Å²) in [5.74, 6) is -0.185. The number of benzene rings is 1. The van der Waals surface area contributed by atoms with E-state index in [-0.39, 0.29) is 11.6 Å². The van der Waals surface area contributed by atoms with Crippen LogP contribution in [0.3, 0.4) is 0 Å². The van der Waals surface area contributed by atoms with Crippen LogP contribution in [0.1, 0.15) is 18.4 Å². The lowest BCUT2D eigenvalue weighted by atomic mass is 10.0. The first kappa shape index (κ1) is 10.3. The van der Waals surface area contributed by atoms with Crippen LogP contribution in [0.4, 0.5) is 4.39 Å². The van der Waals surface area contributed by atoms with Crippen molar-refractivity contribution in [2.24, 2.45) is 0 Å². The van der Waals surface area contributed by atoms with E-state index in [4.69, 9.17) is 4.74 Å². The molecule has 0 unspecified atom stereocenters. The van der Waals surface area contributed by atoms with Gasteiger partial charge in [-0.25, -0.2) is 4.39 Å². The zero-order valence-corrected chi connectivity index (χ0v) is 8.63. The molecular formula is C12H13FO2. The molecule has 0 atom stereocenters. The molecule has 1 saturated carbocycles. The monoisotopic (exact) mass is 208 g/mol. The summed E-state index contributed by atoms with van der Waals surface area (Å²) in [4.78, 5) is 11.8. The average molecular weight is 208 g/mol. The van der Waals surface area contributed by atoms with Gasteiger partial charge in [0, 0.05) is 13.5 Å². The predicted molar refractivity (Wildman–Crippen MR) is 54.1 cm³/mol. The fourth-order valence-electron chi connectivity index (χ4n) is 1.66. The first-order valence-corrected chi connectivity index (χ1v) is 4.99. The summed E-state index contributed by atoms with van der Waals surface area (Å²) in [6.07, 6.45) is 1.95. The highest BCUT2D eigenvalue weighted by atomic mass is 19.1. The van der Waals surface area contributed by atoms with Gasteiger partial charge in [0.25, 0.3) is 0 Å². The van der Waals surface area contributed by atoms with Gasteiger partial charge in [0.1, 0.15) is 11.4 Å². The summed E-state index contributed by atoms with van der Waals surface area (Å²) in [6.45, 7) is 0.